The van der Waals surface area contributed by atoms with Crippen molar-refractivity contribution in [2.45, 2.75) is 40.5 Å². The third kappa shape index (κ3) is 1.16. The summed E-state index contributed by atoms with van der Waals surface area (Å²) < 4.78 is 0. The second-order valence-corrected chi connectivity index (χ2v) is 5.85. The number of nitrogens with zero attached hydrogens (tertiary/aromatic N) is 1. The van der Waals surface area contributed by atoms with Crippen molar-refractivity contribution in [2.75, 3.05) is 19.6 Å². The van der Waals surface area contributed by atoms with Crippen molar-refractivity contribution in [1.82, 2.24) is 4.90 Å². The van der Waals surface area contributed by atoms with Crippen molar-refractivity contribution in [3.63, 3.8) is 0 Å². The zero-order valence-electron chi connectivity index (χ0n) is 9.56. The normalized spacial score (nSPS) is 43.8. The van der Waals surface area contributed by atoms with Crippen LogP contribution in [0.25, 0.3) is 0 Å². The van der Waals surface area contributed by atoms with Crippen molar-refractivity contribution in [2.24, 2.45) is 16.7 Å². The van der Waals surface area contributed by atoms with Gasteiger partial charge in [-0.3, -0.25) is 0 Å². The molecule has 1 heterocycles. The topological polar surface area (TPSA) is 3.24 Å². The lowest BCUT2D eigenvalue weighted by molar-refractivity contribution is -0.0152. The molecule has 2 atom stereocenters. The Bertz CT molecular complexity index is 209. The van der Waals surface area contributed by atoms with Gasteiger partial charge in [0.2, 0.25) is 0 Å². The van der Waals surface area contributed by atoms with Crippen LogP contribution in [0.15, 0.2) is 0 Å². The van der Waals surface area contributed by atoms with Gasteiger partial charge < -0.3 is 4.90 Å². The average molecular weight is 181 g/mol. The monoisotopic (exact) mass is 181 g/mol. The van der Waals surface area contributed by atoms with Crippen LogP contribution in [0.4, 0.5) is 0 Å². The lowest BCUT2D eigenvalue weighted by Gasteiger charge is -2.50. The molecule has 1 aliphatic heterocycles. The van der Waals surface area contributed by atoms with E-state index in [0.717, 1.165) is 5.92 Å². The maximum Gasteiger partial charge on any atom is 0.00406 e. The molecule has 1 saturated heterocycles. The zero-order chi connectivity index (χ0) is 9.69. The number of likely N-dealkylation sites (tertiary alicyclic amines) is 1. The molecule has 1 aliphatic carbocycles. The van der Waals surface area contributed by atoms with E-state index in [1.54, 1.807) is 0 Å². The van der Waals surface area contributed by atoms with E-state index in [0.29, 0.717) is 10.8 Å². The van der Waals surface area contributed by atoms with Crippen molar-refractivity contribution >= 4 is 0 Å². The Morgan fingerprint density at radius 3 is 2.54 bits per heavy atom. The standard InChI is InChI=1S/C12H23N/c1-5-13-8-10-6-7-12(4,9-13)11(10,2)3/h10H,5-9H2,1-4H3. The second kappa shape index (κ2) is 2.73. The molecule has 0 aromatic rings. The number of fused-ring (bicyclic) bond motifs is 2. The lowest BCUT2D eigenvalue weighted by Crippen LogP contribution is -2.51. The van der Waals surface area contributed by atoms with Gasteiger partial charge in [0.1, 0.15) is 0 Å². The summed E-state index contributed by atoms with van der Waals surface area (Å²) in [5.74, 6) is 0.950. The first kappa shape index (κ1) is 9.51. The third-order valence-corrected chi connectivity index (χ3v) is 5.12. The van der Waals surface area contributed by atoms with Crippen LogP contribution >= 0.6 is 0 Å². The Morgan fingerprint density at radius 2 is 2.00 bits per heavy atom. The van der Waals surface area contributed by atoms with Crippen LogP contribution in [0.2, 0.25) is 0 Å². The fraction of sp³-hybridized carbons (Fsp3) is 1.00. The summed E-state index contributed by atoms with van der Waals surface area (Å²) in [5.41, 5.74) is 1.17. The fourth-order valence-corrected chi connectivity index (χ4v) is 3.38. The van der Waals surface area contributed by atoms with Gasteiger partial charge in [-0.25, -0.2) is 0 Å². The van der Waals surface area contributed by atoms with Crippen molar-refractivity contribution < 1.29 is 0 Å². The van der Waals surface area contributed by atoms with Crippen LogP contribution in [0.1, 0.15) is 40.5 Å². The van der Waals surface area contributed by atoms with E-state index in [9.17, 15) is 0 Å². The maximum absolute atomic E-state index is 2.64. The first-order chi connectivity index (χ1) is 5.99. The molecule has 1 heteroatoms. The molecule has 13 heavy (non-hydrogen) atoms. The molecule has 76 valence electrons. The van der Waals surface area contributed by atoms with E-state index >= 15 is 0 Å². The SMILES string of the molecule is CCN1CC2CCC(C)(C1)C2(C)C. The molecule has 2 aliphatic rings. The molecule has 2 fully saturated rings. The van der Waals surface area contributed by atoms with Crippen LogP contribution in [0.3, 0.4) is 0 Å². The molecular formula is C12H23N. The highest BCUT2D eigenvalue weighted by molar-refractivity contribution is 5.05. The Labute approximate surface area is 82.5 Å². The van der Waals surface area contributed by atoms with Crippen LogP contribution in [-0.2, 0) is 0 Å². The van der Waals surface area contributed by atoms with Crippen molar-refractivity contribution in [1.29, 1.82) is 0 Å². The molecule has 0 spiro atoms. The Balaban J connectivity index is 2.24. The second-order valence-electron chi connectivity index (χ2n) is 5.85. The first-order valence-corrected chi connectivity index (χ1v) is 5.72. The summed E-state index contributed by atoms with van der Waals surface area (Å²) in [6.45, 7) is 13.7. The van der Waals surface area contributed by atoms with Gasteiger partial charge in [0.25, 0.3) is 0 Å². The number of rotatable bonds is 1. The van der Waals surface area contributed by atoms with Crippen LogP contribution in [-0.4, -0.2) is 24.5 Å². The Kier molecular flexibility index (Phi) is 1.99. The molecule has 0 amide bonds. The highest BCUT2D eigenvalue weighted by Crippen LogP contribution is 2.58. The molecule has 1 nitrogen and oxygen atoms in total. The summed E-state index contributed by atoms with van der Waals surface area (Å²) >= 11 is 0. The average Bonchev–Trinajstić information content (AvgIpc) is 2.27. The third-order valence-electron chi connectivity index (χ3n) is 5.12. The highest BCUT2D eigenvalue weighted by Gasteiger charge is 2.54. The quantitative estimate of drug-likeness (QED) is 0.601. The van der Waals surface area contributed by atoms with Gasteiger partial charge in [0, 0.05) is 13.1 Å². The number of hydrogen-bond donors (Lipinski definition) is 0. The van der Waals surface area contributed by atoms with E-state index < -0.39 is 0 Å². The van der Waals surface area contributed by atoms with Gasteiger partial charge in [-0.05, 0) is 36.1 Å². The molecular weight excluding hydrogens is 158 g/mol. The predicted molar refractivity (Wildman–Crippen MR) is 56.7 cm³/mol. The van der Waals surface area contributed by atoms with Crippen LogP contribution in [0, 0.1) is 16.7 Å². The summed E-state index contributed by atoms with van der Waals surface area (Å²) in [7, 11) is 0. The molecule has 0 N–H and O–H groups in total. The molecule has 2 bridgehead atoms. The predicted octanol–water partition coefficient (Wildman–Crippen LogP) is 2.76. The van der Waals surface area contributed by atoms with Gasteiger partial charge in [-0.1, -0.05) is 27.7 Å². The minimum absolute atomic E-state index is 0.582. The van der Waals surface area contributed by atoms with Crippen molar-refractivity contribution in [3.05, 3.63) is 0 Å². The largest absolute Gasteiger partial charge is 0.303 e. The van der Waals surface area contributed by atoms with Gasteiger partial charge in [0.05, 0.1) is 0 Å². The van der Waals surface area contributed by atoms with E-state index in [1.807, 2.05) is 0 Å². The Morgan fingerprint density at radius 1 is 1.31 bits per heavy atom. The highest BCUT2D eigenvalue weighted by atomic mass is 15.2. The van der Waals surface area contributed by atoms with E-state index in [-0.39, 0.29) is 0 Å². The van der Waals surface area contributed by atoms with Gasteiger partial charge in [-0.15, -0.1) is 0 Å². The number of piperidine rings is 1. The minimum atomic E-state index is 0.582. The fourth-order valence-electron chi connectivity index (χ4n) is 3.38. The zero-order valence-corrected chi connectivity index (χ0v) is 9.56. The Hall–Kier alpha value is -0.0400. The lowest BCUT2D eigenvalue weighted by atomic mass is 9.63. The summed E-state index contributed by atoms with van der Waals surface area (Å²) in [6, 6.07) is 0. The van der Waals surface area contributed by atoms with E-state index in [2.05, 4.69) is 32.6 Å². The summed E-state index contributed by atoms with van der Waals surface area (Å²) in [6.07, 6.45) is 2.90. The first-order valence-electron chi connectivity index (χ1n) is 5.72. The summed E-state index contributed by atoms with van der Waals surface area (Å²) in [5, 5.41) is 0. The maximum atomic E-state index is 2.64. The van der Waals surface area contributed by atoms with Crippen molar-refractivity contribution in [3.8, 4) is 0 Å². The van der Waals surface area contributed by atoms with E-state index in [1.165, 1.54) is 32.5 Å². The molecule has 0 aromatic carbocycles. The minimum Gasteiger partial charge on any atom is -0.303 e. The molecule has 0 aromatic heterocycles. The number of hydrogen-bond acceptors (Lipinski definition) is 1. The molecule has 2 unspecified atom stereocenters. The molecule has 1 saturated carbocycles. The molecule has 2 rings (SSSR count). The van der Waals surface area contributed by atoms with E-state index in [4.69, 9.17) is 0 Å². The van der Waals surface area contributed by atoms with Gasteiger partial charge in [0.15, 0.2) is 0 Å². The van der Waals surface area contributed by atoms with Crippen LogP contribution in [0.5, 0.6) is 0 Å². The van der Waals surface area contributed by atoms with Gasteiger partial charge >= 0.3 is 0 Å². The molecule has 0 radical (unpaired) electrons. The van der Waals surface area contributed by atoms with Crippen LogP contribution < -0.4 is 0 Å². The smallest absolute Gasteiger partial charge is 0.00406 e. The van der Waals surface area contributed by atoms with Gasteiger partial charge in [-0.2, -0.15) is 0 Å². The summed E-state index contributed by atoms with van der Waals surface area (Å²) in [4.78, 5) is 2.64.